The number of nitrogens with one attached hydrogen (secondary N) is 2. The molecule has 0 bridgehead atoms. The van der Waals surface area contributed by atoms with Crippen molar-refractivity contribution in [3.63, 3.8) is 0 Å². The molecule has 25 heavy (non-hydrogen) atoms. The van der Waals surface area contributed by atoms with Crippen molar-refractivity contribution in [1.29, 1.82) is 0 Å². The second kappa shape index (κ2) is 7.63. The lowest BCUT2D eigenvalue weighted by Gasteiger charge is -2.33. The molecule has 3 rings (SSSR count). The highest BCUT2D eigenvalue weighted by atomic mass is 16.5. The van der Waals surface area contributed by atoms with Gasteiger partial charge in [-0.2, -0.15) is 0 Å². The molecule has 0 radical (unpaired) electrons. The Morgan fingerprint density at radius 3 is 2.64 bits per heavy atom. The summed E-state index contributed by atoms with van der Waals surface area (Å²) < 4.78 is 10.4. The molecule has 1 aliphatic heterocycles. The Labute approximate surface area is 147 Å². The van der Waals surface area contributed by atoms with Gasteiger partial charge in [0.2, 0.25) is 5.91 Å². The number of urea groups is 1. The quantitative estimate of drug-likeness (QED) is 0.856. The number of anilines is 1. The van der Waals surface area contributed by atoms with Gasteiger partial charge in [0.05, 0.1) is 19.9 Å². The molecule has 1 aliphatic carbocycles. The molecule has 0 unspecified atom stereocenters. The maximum atomic E-state index is 12.3. The van der Waals surface area contributed by atoms with Gasteiger partial charge in [-0.3, -0.25) is 4.79 Å². The average molecular weight is 347 g/mol. The number of hydrogen-bond acceptors (Lipinski definition) is 4. The van der Waals surface area contributed by atoms with Crippen LogP contribution in [0.2, 0.25) is 0 Å². The Hall–Kier alpha value is -2.44. The fourth-order valence-corrected chi connectivity index (χ4v) is 3.13. The van der Waals surface area contributed by atoms with Gasteiger partial charge in [-0.05, 0) is 37.8 Å². The molecule has 2 N–H and O–H groups in total. The minimum atomic E-state index is -0.297. The normalized spacial score (nSPS) is 19.9. The van der Waals surface area contributed by atoms with Crippen LogP contribution in [0.4, 0.5) is 10.5 Å². The second-order valence-electron chi connectivity index (χ2n) is 6.56. The lowest BCUT2D eigenvalue weighted by molar-refractivity contribution is -0.133. The molecule has 1 atom stereocenters. The summed E-state index contributed by atoms with van der Waals surface area (Å²) in [4.78, 5) is 26.4. The molecule has 7 heteroatoms. The third-order valence-electron chi connectivity index (χ3n) is 4.65. The molecule has 1 heterocycles. The summed E-state index contributed by atoms with van der Waals surface area (Å²) >= 11 is 0. The van der Waals surface area contributed by atoms with Gasteiger partial charge in [-0.15, -0.1) is 0 Å². The third kappa shape index (κ3) is 4.35. The van der Waals surface area contributed by atoms with E-state index in [1.165, 1.54) is 0 Å². The predicted octanol–water partition coefficient (Wildman–Crippen LogP) is 2.23. The van der Waals surface area contributed by atoms with Crippen molar-refractivity contribution in [1.82, 2.24) is 10.2 Å². The summed E-state index contributed by atoms with van der Waals surface area (Å²) in [7, 11) is 3.12. The molecule has 0 spiro atoms. The summed E-state index contributed by atoms with van der Waals surface area (Å²) in [6.45, 7) is 1.38. The van der Waals surface area contributed by atoms with Crippen LogP contribution < -0.4 is 20.1 Å². The molecule has 2 aliphatic rings. The van der Waals surface area contributed by atoms with Gasteiger partial charge in [-0.25, -0.2) is 4.79 Å². The first-order chi connectivity index (χ1) is 12.1. The zero-order chi connectivity index (χ0) is 17.8. The first-order valence-electron chi connectivity index (χ1n) is 8.69. The predicted molar refractivity (Wildman–Crippen MR) is 94.0 cm³/mol. The lowest BCUT2D eigenvalue weighted by Crippen LogP contribution is -2.50. The zero-order valence-electron chi connectivity index (χ0n) is 14.7. The molecule has 1 aromatic rings. The minimum Gasteiger partial charge on any atom is -0.497 e. The average Bonchev–Trinajstić information content (AvgIpc) is 3.46. The van der Waals surface area contributed by atoms with Gasteiger partial charge >= 0.3 is 6.03 Å². The number of benzene rings is 1. The fraction of sp³-hybridized carbons (Fsp3) is 0.556. The minimum absolute atomic E-state index is 0.0271. The SMILES string of the molecule is COc1ccc(NC(=O)N[C@H]2CCCN(C(=O)C3CC3)C2)c(OC)c1. The van der Waals surface area contributed by atoms with Crippen molar-refractivity contribution in [2.45, 2.75) is 31.7 Å². The van der Waals surface area contributed by atoms with E-state index in [0.717, 1.165) is 32.2 Å². The first-order valence-corrected chi connectivity index (χ1v) is 8.69. The number of carbonyl (C=O) groups is 2. The van der Waals surface area contributed by atoms with Crippen LogP contribution in [0, 0.1) is 5.92 Å². The van der Waals surface area contributed by atoms with Crippen molar-refractivity contribution in [2.24, 2.45) is 5.92 Å². The van der Waals surface area contributed by atoms with Crippen molar-refractivity contribution in [3.8, 4) is 11.5 Å². The number of piperidine rings is 1. The third-order valence-corrected chi connectivity index (χ3v) is 4.65. The van der Waals surface area contributed by atoms with Crippen LogP contribution in [0.1, 0.15) is 25.7 Å². The van der Waals surface area contributed by atoms with E-state index in [9.17, 15) is 9.59 Å². The molecule has 3 amide bonds. The Kier molecular flexibility index (Phi) is 5.31. The van der Waals surface area contributed by atoms with Crippen molar-refractivity contribution >= 4 is 17.6 Å². The number of carbonyl (C=O) groups excluding carboxylic acids is 2. The van der Waals surface area contributed by atoms with E-state index in [1.54, 1.807) is 32.4 Å². The lowest BCUT2D eigenvalue weighted by atomic mass is 10.1. The number of likely N-dealkylation sites (tertiary alicyclic amines) is 1. The van der Waals surface area contributed by atoms with E-state index in [-0.39, 0.29) is 23.9 Å². The molecule has 0 aromatic heterocycles. The van der Waals surface area contributed by atoms with Crippen LogP contribution in [0.3, 0.4) is 0 Å². The highest BCUT2D eigenvalue weighted by Gasteiger charge is 2.35. The Morgan fingerprint density at radius 1 is 1.16 bits per heavy atom. The van der Waals surface area contributed by atoms with Crippen LogP contribution in [0.5, 0.6) is 11.5 Å². The molecule has 7 nitrogen and oxygen atoms in total. The highest BCUT2D eigenvalue weighted by molar-refractivity contribution is 5.91. The number of nitrogens with zero attached hydrogens (tertiary/aromatic N) is 1. The number of amides is 3. The molecular weight excluding hydrogens is 322 g/mol. The number of methoxy groups -OCH3 is 2. The summed E-state index contributed by atoms with van der Waals surface area (Å²) in [5.41, 5.74) is 0.572. The van der Waals surface area contributed by atoms with Crippen molar-refractivity contribution in [2.75, 3.05) is 32.6 Å². The van der Waals surface area contributed by atoms with Gasteiger partial charge in [-0.1, -0.05) is 0 Å². The largest absolute Gasteiger partial charge is 0.497 e. The van der Waals surface area contributed by atoms with E-state index in [1.807, 2.05) is 4.90 Å². The number of rotatable bonds is 5. The Morgan fingerprint density at radius 2 is 1.96 bits per heavy atom. The Bertz CT molecular complexity index is 645. The van der Waals surface area contributed by atoms with Gasteiger partial charge in [0.25, 0.3) is 0 Å². The molecule has 136 valence electrons. The van der Waals surface area contributed by atoms with Crippen molar-refractivity contribution in [3.05, 3.63) is 18.2 Å². The molecule has 1 saturated heterocycles. The molecular formula is C18H25N3O4. The van der Waals surface area contributed by atoms with E-state index in [4.69, 9.17) is 9.47 Å². The molecule has 1 aromatic carbocycles. The van der Waals surface area contributed by atoms with Crippen LogP contribution in [0.25, 0.3) is 0 Å². The maximum Gasteiger partial charge on any atom is 0.319 e. The van der Waals surface area contributed by atoms with Crippen LogP contribution in [0.15, 0.2) is 18.2 Å². The van der Waals surface area contributed by atoms with Crippen molar-refractivity contribution < 1.29 is 19.1 Å². The second-order valence-corrected chi connectivity index (χ2v) is 6.56. The van der Waals surface area contributed by atoms with Crippen LogP contribution in [-0.4, -0.2) is 50.2 Å². The van der Waals surface area contributed by atoms with Gasteiger partial charge in [0.15, 0.2) is 0 Å². The maximum absolute atomic E-state index is 12.3. The monoisotopic (exact) mass is 347 g/mol. The summed E-state index contributed by atoms with van der Waals surface area (Å²) in [6.07, 6.45) is 3.80. The Balaban J connectivity index is 1.56. The summed E-state index contributed by atoms with van der Waals surface area (Å²) in [5, 5.41) is 5.77. The fourth-order valence-electron chi connectivity index (χ4n) is 3.13. The van der Waals surface area contributed by atoms with Crippen LogP contribution >= 0.6 is 0 Å². The number of hydrogen-bond donors (Lipinski definition) is 2. The summed E-state index contributed by atoms with van der Waals surface area (Å²) in [5.74, 6) is 1.65. The highest BCUT2D eigenvalue weighted by Crippen LogP contribution is 2.32. The van der Waals surface area contributed by atoms with Gasteiger partial charge in [0, 0.05) is 31.1 Å². The van der Waals surface area contributed by atoms with E-state index < -0.39 is 0 Å². The standard InChI is InChI=1S/C18H25N3O4/c1-24-14-7-8-15(16(10-14)25-2)20-18(23)19-13-4-3-9-21(11-13)17(22)12-5-6-12/h7-8,10,12-13H,3-6,9,11H2,1-2H3,(H2,19,20,23)/t13-/m0/s1. The summed E-state index contributed by atoms with van der Waals surface area (Å²) in [6, 6.07) is 4.89. The van der Waals surface area contributed by atoms with E-state index in [2.05, 4.69) is 10.6 Å². The van der Waals surface area contributed by atoms with E-state index in [0.29, 0.717) is 23.7 Å². The van der Waals surface area contributed by atoms with E-state index >= 15 is 0 Å². The number of ether oxygens (including phenoxy) is 2. The van der Waals surface area contributed by atoms with Gasteiger partial charge < -0.3 is 25.0 Å². The smallest absolute Gasteiger partial charge is 0.319 e. The molecule has 2 fully saturated rings. The zero-order valence-corrected chi connectivity index (χ0v) is 14.7. The first kappa shape index (κ1) is 17.4. The van der Waals surface area contributed by atoms with Gasteiger partial charge in [0.1, 0.15) is 11.5 Å². The molecule has 1 saturated carbocycles. The topological polar surface area (TPSA) is 79.9 Å². The van der Waals surface area contributed by atoms with Crippen LogP contribution in [-0.2, 0) is 4.79 Å².